The number of hydrogen-bond acceptors (Lipinski definition) is 4. The number of nitrogen functional groups attached to an aromatic ring is 1. The molecule has 0 aliphatic rings. The van der Waals surface area contributed by atoms with Gasteiger partial charge in [-0.05, 0) is 5.92 Å². The normalized spacial score (nSPS) is 9.09. The molecule has 0 radical (unpaired) electrons. The van der Waals surface area contributed by atoms with E-state index in [1.807, 2.05) is 0 Å². The molecule has 0 aliphatic heterocycles. The Kier molecular flexibility index (Phi) is 2.04. The lowest BCUT2D eigenvalue weighted by atomic mass is 10.3. The van der Waals surface area contributed by atoms with Crippen molar-refractivity contribution in [3.8, 4) is 12.3 Å². The van der Waals surface area contributed by atoms with Gasteiger partial charge >= 0.3 is 0 Å². The summed E-state index contributed by atoms with van der Waals surface area (Å²) in [7, 11) is 0. The van der Waals surface area contributed by atoms with Crippen molar-refractivity contribution in [3.63, 3.8) is 0 Å². The van der Waals surface area contributed by atoms with E-state index in [1.165, 1.54) is 6.20 Å². The van der Waals surface area contributed by atoms with Crippen LogP contribution in [0.25, 0.3) is 0 Å². The van der Waals surface area contributed by atoms with Crippen molar-refractivity contribution in [2.45, 2.75) is 6.61 Å². The summed E-state index contributed by atoms with van der Waals surface area (Å²) in [5.41, 5.74) is 5.89. The van der Waals surface area contributed by atoms with Crippen LogP contribution in [-0.4, -0.2) is 15.1 Å². The van der Waals surface area contributed by atoms with Crippen molar-refractivity contribution < 1.29 is 5.11 Å². The third kappa shape index (κ3) is 1.45. The van der Waals surface area contributed by atoms with E-state index in [0.717, 1.165) is 0 Å². The van der Waals surface area contributed by atoms with Crippen molar-refractivity contribution in [3.05, 3.63) is 17.6 Å². The Bertz CT molecular complexity index is 303. The van der Waals surface area contributed by atoms with Crippen molar-refractivity contribution in [2.24, 2.45) is 0 Å². The van der Waals surface area contributed by atoms with Gasteiger partial charge in [-0.25, -0.2) is 9.97 Å². The number of anilines is 1. The molecule has 0 spiro atoms. The van der Waals surface area contributed by atoms with Gasteiger partial charge in [0.25, 0.3) is 0 Å². The Labute approximate surface area is 64.1 Å². The first kappa shape index (κ1) is 7.51. The average molecular weight is 149 g/mol. The van der Waals surface area contributed by atoms with Gasteiger partial charge in [-0.15, -0.1) is 6.42 Å². The zero-order valence-electron chi connectivity index (χ0n) is 5.78. The van der Waals surface area contributed by atoms with Crippen LogP contribution in [0.3, 0.4) is 0 Å². The fourth-order valence-electron chi connectivity index (χ4n) is 0.611. The molecule has 4 heteroatoms. The minimum atomic E-state index is -0.170. The number of aromatic nitrogens is 2. The molecular weight excluding hydrogens is 142 g/mol. The molecule has 0 fully saturated rings. The fourth-order valence-corrected chi connectivity index (χ4v) is 0.611. The van der Waals surface area contributed by atoms with E-state index >= 15 is 0 Å². The number of hydrogen-bond donors (Lipinski definition) is 2. The number of terminal acetylenes is 1. The maximum Gasteiger partial charge on any atom is 0.206 e. The van der Waals surface area contributed by atoms with Crippen LogP contribution in [0.2, 0.25) is 0 Å². The first-order valence-electron chi connectivity index (χ1n) is 2.96. The van der Waals surface area contributed by atoms with Crippen LogP contribution in [0.15, 0.2) is 6.20 Å². The van der Waals surface area contributed by atoms with Crippen LogP contribution in [0.1, 0.15) is 11.4 Å². The number of nitrogens with two attached hydrogens (primary N) is 1. The molecule has 11 heavy (non-hydrogen) atoms. The Balaban J connectivity index is 3.12. The van der Waals surface area contributed by atoms with Crippen molar-refractivity contribution in [2.75, 3.05) is 5.73 Å². The fraction of sp³-hybridized carbons (Fsp3) is 0.143. The Hall–Kier alpha value is -1.60. The lowest BCUT2D eigenvalue weighted by molar-refractivity contribution is 0.281. The molecule has 1 rings (SSSR count). The van der Waals surface area contributed by atoms with Gasteiger partial charge in [0.2, 0.25) is 5.82 Å². The molecule has 0 unspecified atom stereocenters. The third-order valence-corrected chi connectivity index (χ3v) is 1.20. The van der Waals surface area contributed by atoms with Gasteiger partial charge in [0.1, 0.15) is 5.82 Å². The lowest BCUT2D eigenvalue weighted by Gasteiger charge is -1.98. The molecule has 1 aromatic heterocycles. The summed E-state index contributed by atoms with van der Waals surface area (Å²) >= 11 is 0. The van der Waals surface area contributed by atoms with Crippen LogP contribution < -0.4 is 5.73 Å². The van der Waals surface area contributed by atoms with Crippen LogP contribution in [0.4, 0.5) is 5.82 Å². The van der Waals surface area contributed by atoms with E-state index in [1.54, 1.807) is 0 Å². The Morgan fingerprint density at radius 3 is 2.91 bits per heavy atom. The molecule has 0 bridgehead atoms. The van der Waals surface area contributed by atoms with Crippen LogP contribution in [0, 0.1) is 12.3 Å². The van der Waals surface area contributed by atoms with Crippen LogP contribution in [0.5, 0.6) is 0 Å². The molecule has 0 amide bonds. The molecule has 1 aromatic rings. The van der Waals surface area contributed by atoms with Crippen molar-refractivity contribution >= 4 is 5.82 Å². The van der Waals surface area contributed by atoms with Gasteiger partial charge in [0.05, 0.1) is 6.61 Å². The highest BCUT2D eigenvalue weighted by atomic mass is 16.3. The maximum absolute atomic E-state index is 8.67. The van der Waals surface area contributed by atoms with E-state index in [2.05, 4.69) is 15.9 Å². The first-order chi connectivity index (χ1) is 5.27. The molecular formula is C7H7N3O. The Morgan fingerprint density at radius 2 is 2.45 bits per heavy atom. The number of rotatable bonds is 1. The molecule has 3 N–H and O–H groups in total. The van der Waals surface area contributed by atoms with E-state index in [0.29, 0.717) is 5.56 Å². The smallest absolute Gasteiger partial charge is 0.206 e. The van der Waals surface area contributed by atoms with E-state index < -0.39 is 0 Å². The first-order valence-corrected chi connectivity index (χ1v) is 2.96. The van der Waals surface area contributed by atoms with E-state index in [-0.39, 0.29) is 18.2 Å². The summed E-state index contributed by atoms with van der Waals surface area (Å²) < 4.78 is 0. The summed E-state index contributed by atoms with van der Waals surface area (Å²) in [4.78, 5) is 7.47. The summed E-state index contributed by atoms with van der Waals surface area (Å²) in [6, 6.07) is 0. The third-order valence-electron chi connectivity index (χ3n) is 1.20. The lowest BCUT2D eigenvalue weighted by Crippen LogP contribution is -2.01. The molecule has 1 heterocycles. The quantitative estimate of drug-likeness (QED) is 0.529. The minimum Gasteiger partial charge on any atom is -0.391 e. The van der Waals surface area contributed by atoms with E-state index in [9.17, 15) is 0 Å². The minimum absolute atomic E-state index is 0.170. The van der Waals surface area contributed by atoms with Gasteiger partial charge in [-0.2, -0.15) is 0 Å². The second kappa shape index (κ2) is 2.99. The van der Waals surface area contributed by atoms with Crippen molar-refractivity contribution in [1.82, 2.24) is 9.97 Å². The highest BCUT2D eigenvalue weighted by Gasteiger charge is 1.99. The highest BCUT2D eigenvalue weighted by Crippen LogP contribution is 2.05. The Morgan fingerprint density at radius 1 is 1.73 bits per heavy atom. The summed E-state index contributed by atoms with van der Waals surface area (Å²) in [5.74, 6) is 2.70. The predicted molar refractivity (Wildman–Crippen MR) is 40.3 cm³/mol. The summed E-state index contributed by atoms with van der Waals surface area (Å²) in [5, 5.41) is 8.67. The standard InChI is InChI=1S/C7H7N3O/c1-2-6-9-3-5(4-11)7(8)10-6/h1,3,11H,4H2,(H2,8,9,10). The van der Waals surface area contributed by atoms with Gasteiger partial charge in [0.15, 0.2) is 0 Å². The second-order valence-electron chi connectivity index (χ2n) is 1.91. The molecule has 0 atom stereocenters. The molecule has 0 aliphatic carbocycles. The van der Waals surface area contributed by atoms with E-state index in [4.69, 9.17) is 17.3 Å². The second-order valence-corrected chi connectivity index (χ2v) is 1.91. The van der Waals surface area contributed by atoms with Crippen molar-refractivity contribution in [1.29, 1.82) is 0 Å². The van der Waals surface area contributed by atoms with Crippen LogP contribution >= 0.6 is 0 Å². The number of aliphatic hydroxyl groups is 1. The number of aliphatic hydroxyl groups excluding tert-OH is 1. The largest absolute Gasteiger partial charge is 0.391 e. The SMILES string of the molecule is C#Cc1ncc(CO)c(N)n1. The monoisotopic (exact) mass is 149 g/mol. The topological polar surface area (TPSA) is 72.0 Å². The van der Waals surface area contributed by atoms with Gasteiger partial charge < -0.3 is 10.8 Å². The average Bonchev–Trinajstić information content (AvgIpc) is 2.04. The van der Waals surface area contributed by atoms with Crippen LogP contribution in [-0.2, 0) is 6.61 Å². The molecule has 56 valence electrons. The predicted octanol–water partition coefficient (Wildman–Crippen LogP) is -0.468. The molecule has 0 saturated carbocycles. The van der Waals surface area contributed by atoms with Gasteiger partial charge in [-0.3, -0.25) is 0 Å². The zero-order valence-corrected chi connectivity index (χ0v) is 5.78. The highest BCUT2D eigenvalue weighted by molar-refractivity contribution is 5.38. The maximum atomic E-state index is 8.67. The molecule has 4 nitrogen and oxygen atoms in total. The van der Waals surface area contributed by atoms with Gasteiger partial charge in [-0.1, -0.05) is 0 Å². The summed E-state index contributed by atoms with van der Waals surface area (Å²) in [6.07, 6.45) is 6.43. The molecule has 0 aromatic carbocycles. The summed E-state index contributed by atoms with van der Waals surface area (Å²) in [6.45, 7) is -0.170. The molecule has 0 saturated heterocycles. The van der Waals surface area contributed by atoms with Gasteiger partial charge in [0, 0.05) is 11.8 Å². The number of nitrogens with zero attached hydrogens (tertiary/aromatic N) is 2. The zero-order chi connectivity index (χ0) is 8.27.